The first-order valence-electron chi connectivity index (χ1n) is 35.4. The van der Waals surface area contributed by atoms with Crippen molar-refractivity contribution >= 4 is 32.8 Å². The van der Waals surface area contributed by atoms with Crippen LogP contribution >= 0.6 is 0 Å². The quantitative estimate of drug-likeness (QED) is 0.107. The van der Waals surface area contributed by atoms with E-state index in [1.807, 2.05) is 59.2 Å². The van der Waals surface area contributed by atoms with Gasteiger partial charge in [-0.3, -0.25) is 4.57 Å². The molecule has 0 bridgehead atoms. The van der Waals surface area contributed by atoms with Crippen molar-refractivity contribution in [1.82, 2.24) is 14.1 Å². The first-order valence-corrected chi connectivity index (χ1v) is 28.4. The Morgan fingerprint density at radius 2 is 1.07 bits per heavy atom. The molecule has 0 unspecified atom stereocenters. The second-order valence-electron chi connectivity index (χ2n) is 26.0. The van der Waals surface area contributed by atoms with Crippen LogP contribution in [0, 0.1) is 39.0 Å². The van der Waals surface area contributed by atoms with Crippen LogP contribution < -0.4 is 9.30 Å². The van der Waals surface area contributed by atoms with E-state index in [0.717, 1.165) is 61.0 Å². The molecule has 9 aromatic carbocycles. The van der Waals surface area contributed by atoms with Crippen molar-refractivity contribution in [2.75, 3.05) is 0 Å². The van der Waals surface area contributed by atoms with Crippen LogP contribution in [0.5, 0.6) is 11.5 Å². The normalized spacial score (nSPS) is 15.2. The van der Waals surface area contributed by atoms with Gasteiger partial charge >= 0.3 is 0 Å². The largest absolute Gasteiger partial charge is 0.510 e. The van der Waals surface area contributed by atoms with Crippen LogP contribution in [0.2, 0.25) is 0 Å². The summed E-state index contributed by atoms with van der Waals surface area (Å²) in [4.78, 5) is 4.75. The Bertz CT molecular complexity index is 4980. The van der Waals surface area contributed by atoms with Gasteiger partial charge in [0.15, 0.2) is 0 Å². The van der Waals surface area contributed by atoms with E-state index in [-0.39, 0.29) is 93.4 Å². The maximum atomic E-state index is 8.75. The summed E-state index contributed by atoms with van der Waals surface area (Å²) in [6.07, 6.45) is 5.04. The van der Waals surface area contributed by atoms with E-state index in [4.69, 9.17) is 28.9 Å². The van der Waals surface area contributed by atoms with Gasteiger partial charge in [0, 0.05) is 62.2 Å². The predicted octanol–water partition coefficient (Wildman–Crippen LogP) is 20.4. The summed E-state index contributed by atoms with van der Waals surface area (Å²) in [7, 11) is 0. The minimum atomic E-state index is -2.83. The van der Waals surface area contributed by atoms with Crippen LogP contribution in [-0.4, -0.2) is 14.1 Å². The molecule has 0 saturated carbocycles. The molecule has 3 aromatic heterocycles. The van der Waals surface area contributed by atoms with Gasteiger partial charge in [-0.1, -0.05) is 222 Å². The number of fused-ring (bicyclic) bond motifs is 4. The van der Waals surface area contributed by atoms with Crippen LogP contribution in [0.15, 0.2) is 188 Å². The number of imidazole rings is 1. The summed E-state index contributed by atoms with van der Waals surface area (Å²) in [5, 5.41) is 1.52. The molecule has 0 aliphatic carbocycles. The van der Waals surface area contributed by atoms with E-state index >= 15 is 0 Å². The summed E-state index contributed by atoms with van der Waals surface area (Å²) in [5.74, 6) is 0.663. The number of rotatable bonds is 9. The van der Waals surface area contributed by atoms with Crippen LogP contribution in [0.3, 0.4) is 0 Å². The molecule has 0 N–H and O–H groups in total. The van der Waals surface area contributed by atoms with E-state index < -0.39 is 50.8 Å². The molecule has 85 heavy (non-hydrogen) atoms. The third-order valence-electron chi connectivity index (χ3n) is 15.9. The monoisotopic (exact) mass is 1310 g/mol. The van der Waals surface area contributed by atoms with Crippen molar-refractivity contribution in [2.24, 2.45) is 0 Å². The smallest absolute Gasteiger partial charge is 0.268 e. The Morgan fingerprint density at radius 1 is 0.494 bits per heavy atom. The molecular weight excluding hydrogens is 1220 g/mol. The number of benzene rings is 9. The summed E-state index contributed by atoms with van der Waals surface area (Å²) in [5.41, 5.74) is 10.6. The molecule has 430 valence electrons. The number of nitrogens with zero attached hydrogens (tertiary/aromatic N) is 4. The van der Waals surface area contributed by atoms with Crippen LogP contribution in [0.1, 0.15) is 141 Å². The van der Waals surface area contributed by atoms with Gasteiger partial charge in [-0.25, -0.2) is 4.98 Å². The maximum Gasteiger partial charge on any atom is 0.268 e. The zero-order valence-corrected chi connectivity index (χ0v) is 52.3. The van der Waals surface area contributed by atoms with Crippen molar-refractivity contribution < 1.29 is 49.6 Å². The number of aryl methyl sites for hydroxylation is 3. The van der Waals surface area contributed by atoms with E-state index in [1.165, 1.54) is 30.5 Å². The molecule has 0 amide bonds. The number of hydrogen-bond acceptors (Lipinski definition) is 2. The minimum absolute atomic E-state index is 0. The molecule has 0 atom stereocenters. The van der Waals surface area contributed by atoms with E-state index in [0.29, 0.717) is 33.3 Å². The molecule has 12 aromatic rings. The van der Waals surface area contributed by atoms with Gasteiger partial charge in [0.2, 0.25) is 0 Å². The second-order valence-corrected chi connectivity index (χ2v) is 26.0. The van der Waals surface area contributed by atoms with E-state index in [9.17, 15) is 0 Å². The van der Waals surface area contributed by atoms with Gasteiger partial charge in [0.05, 0.1) is 23.6 Å². The average molecular weight is 1310 g/mol. The number of pyridine rings is 1. The van der Waals surface area contributed by atoms with Gasteiger partial charge in [0.25, 0.3) is 6.33 Å². The molecule has 3 heterocycles. The summed E-state index contributed by atoms with van der Waals surface area (Å²) in [6.45, 7) is 18.4. The number of para-hydroxylation sites is 2. The number of ether oxygens (including phenoxy) is 1. The fourth-order valence-corrected chi connectivity index (χ4v) is 11.1. The van der Waals surface area contributed by atoms with Crippen molar-refractivity contribution in [1.29, 1.82) is 0 Å². The molecule has 5 nitrogen and oxygen atoms in total. The number of hydrogen-bond donors (Lipinski definition) is 0. The van der Waals surface area contributed by atoms with Gasteiger partial charge in [-0.2, -0.15) is 18.2 Å². The van der Waals surface area contributed by atoms with Gasteiger partial charge in [-0.05, 0) is 149 Å². The van der Waals surface area contributed by atoms with Crippen molar-refractivity contribution in [3.05, 3.63) is 245 Å². The summed E-state index contributed by atoms with van der Waals surface area (Å²) < 4.78 is 133. The molecular formula is C79H76N4OPt-2. The van der Waals surface area contributed by atoms with Crippen molar-refractivity contribution in [3.63, 3.8) is 0 Å². The fourth-order valence-electron chi connectivity index (χ4n) is 11.1. The Balaban J connectivity index is 0.00000990. The molecule has 0 saturated heterocycles. The van der Waals surface area contributed by atoms with E-state index in [1.54, 1.807) is 22.8 Å². The standard InChI is InChI=1S/C79H76N4O.Pt/c1-50-24-21-25-51(2)74(50)54-34-37-70-72(43-54)81(61-28-22-29-62(46-61)84-63-35-36-67-66-30-19-20-33-69(66)83(71(67)47-63)73-38-52(3)68(48-80-73)53-26-17-16-18-27-53)49-82(70)75-64(55-39-57(76(4,5)6)44-58(40-55)77(7,8)9)31-23-32-65(75)56-41-59(78(10,11)12)45-60(42-56)79(13,14)15;/h16-45,48H,1-15H3;/q-2;/i1D3,2D3,3D3,16D,17D,18D,26D,27D;. The SMILES string of the molecule is [2H]c1c([2H])c([2H])c(-c2cnc(-n3c4[c-]c(Oc5[c-]c(-n6[c-][n+](-c7c(-c8cc(C(C)(C)C)cc(C(C)(C)C)c8)cccc7-c7cc(C(C)(C)C)cc(C(C)(C)C)c7)c7ccc(-c8c(C([2H])([2H])[2H])cccc8C([2H])([2H])[2H])cc76)ccc5)ccc4c4ccccc43)cc2C([2H])([2H])[2H])c([2H])c1[2H].[Pt]. The number of aromatic nitrogens is 4. The molecule has 0 fully saturated rings. The van der Waals surface area contributed by atoms with Crippen molar-refractivity contribution in [3.8, 4) is 73.2 Å². The molecule has 0 spiro atoms. The second kappa shape index (κ2) is 22.1. The Hall–Kier alpha value is -8.11. The predicted molar refractivity (Wildman–Crippen MR) is 351 cm³/mol. The third kappa shape index (κ3) is 11.3. The zero-order chi connectivity index (χ0) is 71.1. The summed E-state index contributed by atoms with van der Waals surface area (Å²) in [6, 6.07) is 52.0. The van der Waals surface area contributed by atoms with Crippen LogP contribution in [0.25, 0.3) is 94.5 Å². The minimum Gasteiger partial charge on any atom is -0.510 e. The van der Waals surface area contributed by atoms with Crippen molar-refractivity contribution in [2.45, 2.75) is 125 Å². The first kappa shape index (κ1) is 43.5. The Labute approximate surface area is 538 Å². The van der Waals surface area contributed by atoms with Gasteiger partial charge in [0.1, 0.15) is 5.82 Å². The molecule has 6 heteroatoms. The van der Waals surface area contributed by atoms with Gasteiger partial charge in [-0.15, -0.1) is 29.7 Å². The molecule has 0 radical (unpaired) electrons. The Morgan fingerprint density at radius 3 is 1.67 bits per heavy atom. The average Bonchev–Trinajstić information content (AvgIpc) is 1.62. The third-order valence-corrected chi connectivity index (χ3v) is 15.9. The Kier molecular flexibility index (Phi) is 11.3. The topological polar surface area (TPSA) is 35.9 Å². The maximum absolute atomic E-state index is 8.75. The zero-order valence-electron chi connectivity index (χ0n) is 64.0. The first-order chi connectivity index (χ1) is 45.6. The summed E-state index contributed by atoms with van der Waals surface area (Å²) >= 11 is 0. The van der Waals surface area contributed by atoms with E-state index in [2.05, 4.69) is 161 Å². The molecule has 12 rings (SSSR count). The van der Waals surface area contributed by atoms with Crippen LogP contribution in [-0.2, 0) is 42.7 Å². The fraction of sp³-hybridized carbons (Fsp3) is 0.241. The van der Waals surface area contributed by atoms with Crippen LogP contribution in [0.4, 0.5) is 0 Å². The molecule has 0 aliphatic heterocycles. The van der Waals surface area contributed by atoms with Gasteiger partial charge < -0.3 is 13.9 Å². The molecule has 0 aliphatic rings.